The molecule has 0 atom stereocenters. The van der Waals surface area contributed by atoms with Crippen LogP contribution in [0.4, 0.5) is 0 Å². The van der Waals surface area contributed by atoms with E-state index in [-0.39, 0.29) is 20.1 Å². The minimum Gasteiger partial charge on any atom is 0 e. The number of hydrogen-bond acceptors (Lipinski definition) is 3. The molecule has 4 aromatic carbocycles. The van der Waals surface area contributed by atoms with Crippen LogP contribution in [0, 0.1) is 18.1 Å². The topological polar surface area (TPSA) is 38.9 Å². The molecule has 0 saturated heterocycles. The number of hydrogen-bond donors (Lipinski definition) is 0. The van der Waals surface area contributed by atoms with Crippen LogP contribution in [0.3, 0.4) is 0 Å². The number of nitrogens with zero attached hydrogens (tertiary/aromatic N) is 2. The Morgan fingerprint density at radius 2 is 1.49 bits per heavy atom. The minimum atomic E-state index is -2.19. The van der Waals surface area contributed by atoms with Gasteiger partial charge in [0.2, 0.25) is 0 Å². The van der Waals surface area contributed by atoms with E-state index >= 15 is 0 Å². The van der Waals surface area contributed by atoms with Crippen LogP contribution in [0.15, 0.2) is 114 Å². The smallest absolute Gasteiger partial charge is 0 e. The first-order chi connectivity index (χ1) is 25.0. The van der Waals surface area contributed by atoms with Crippen molar-refractivity contribution in [2.45, 2.75) is 76.9 Å². The van der Waals surface area contributed by atoms with Crippen LogP contribution in [0.1, 0.15) is 46.1 Å². The molecule has 0 bridgehead atoms. The van der Waals surface area contributed by atoms with Gasteiger partial charge in [0, 0.05) is 26.3 Å². The number of furan rings is 1. The van der Waals surface area contributed by atoms with Gasteiger partial charge in [-0.3, -0.25) is 0 Å². The van der Waals surface area contributed by atoms with Crippen LogP contribution >= 0.6 is 0 Å². The zero-order valence-corrected chi connectivity index (χ0v) is 38.3. The van der Waals surface area contributed by atoms with E-state index in [0.717, 1.165) is 56.4 Å². The maximum Gasteiger partial charge on any atom is 0 e. The van der Waals surface area contributed by atoms with E-state index in [9.17, 15) is 0 Å². The van der Waals surface area contributed by atoms with Gasteiger partial charge in [0.1, 0.15) is 0 Å². The van der Waals surface area contributed by atoms with Crippen LogP contribution in [-0.2, 0) is 26.5 Å². The Labute approximate surface area is 335 Å². The molecular weight excluding hydrogens is 901 g/mol. The molecule has 0 aliphatic heterocycles. The molecule has 6 heteroatoms. The fourth-order valence-electron chi connectivity index (χ4n) is 6.87. The molecule has 0 unspecified atom stereocenters. The van der Waals surface area contributed by atoms with E-state index < -0.39 is 27.2 Å². The van der Waals surface area contributed by atoms with Gasteiger partial charge < -0.3 is 4.98 Å². The first kappa shape index (κ1) is 39.1. The quantitative estimate of drug-likeness (QED) is 0.113. The second-order valence-electron chi connectivity index (χ2n) is 16.5. The molecule has 0 aliphatic carbocycles. The maximum atomic E-state index is 8.43. The normalized spacial score (nSPS) is 12.3. The molecule has 3 nitrogen and oxygen atoms in total. The van der Waals surface area contributed by atoms with Gasteiger partial charge in [0.25, 0.3) is 0 Å². The predicted octanol–water partition coefficient (Wildman–Crippen LogP) is 12.1. The van der Waals surface area contributed by atoms with Crippen molar-refractivity contribution in [3.63, 3.8) is 0 Å². The summed E-state index contributed by atoms with van der Waals surface area (Å²) < 4.78 is 16.6. The van der Waals surface area contributed by atoms with Gasteiger partial charge >= 0.3 is 194 Å². The molecule has 275 valence electrons. The fraction of sp³-hybridized carbons (Fsp3) is 0.277. The monoisotopic (exact) mass is 956 g/mol. The van der Waals surface area contributed by atoms with Gasteiger partial charge in [-0.05, 0) is 23.2 Å². The molecule has 0 saturated carbocycles. The Morgan fingerprint density at radius 3 is 2.13 bits per heavy atom. The molecular formula is C47H52GeIrN2OSi-2. The SMILES string of the molecule is CC(C)Cc1cc(-c2[c-]cccc2)ncc1[Si](C)(C)C.[2H]C(C)(C)c1ccnc(-c2[c-]ccc3c2oc2c(-c4ccccc4)[c]([Ge]([CH3])([CH3])[CH3])ccc23)c1.[Ir]. The van der Waals surface area contributed by atoms with Crippen molar-refractivity contribution in [3.8, 4) is 33.6 Å². The average molecular weight is 955 g/mol. The van der Waals surface area contributed by atoms with Crippen molar-refractivity contribution in [3.05, 3.63) is 133 Å². The standard InChI is InChI=1S/C29H28GeNO.C18H24NSi.Ir/c1-19(2)21-16-17-31-26(18-21)24-13-9-12-22-23-14-15-25(30(3,4)5)27(29(23)32-28(22)24)20-10-7-6-8-11-20;1-14(2)11-16-12-17(15-9-7-6-8-10-15)19-13-18(16)20(3,4)5;/h6-12,14-19H,1-5H3;6-9,12-14H,11H2,1-5H3;/q2*-1;/i19D;;. The van der Waals surface area contributed by atoms with Crippen molar-refractivity contribution in [1.82, 2.24) is 9.97 Å². The molecule has 0 aliphatic rings. The fourth-order valence-corrected chi connectivity index (χ4v) is 11.8. The summed E-state index contributed by atoms with van der Waals surface area (Å²) in [6.07, 6.45) is 5.01. The third-order valence-electron chi connectivity index (χ3n) is 9.48. The zero-order valence-electron chi connectivity index (χ0n) is 33.8. The summed E-state index contributed by atoms with van der Waals surface area (Å²) in [5, 5.41) is 3.68. The van der Waals surface area contributed by atoms with E-state index in [1.54, 1.807) is 6.20 Å². The van der Waals surface area contributed by atoms with Crippen LogP contribution in [0.5, 0.6) is 0 Å². The van der Waals surface area contributed by atoms with Crippen molar-refractivity contribution < 1.29 is 25.9 Å². The first-order valence-corrected chi connectivity index (χ1v) is 29.3. The van der Waals surface area contributed by atoms with Crippen LogP contribution < -0.4 is 9.58 Å². The number of benzene rings is 4. The van der Waals surface area contributed by atoms with Gasteiger partial charge in [-0.1, -0.05) is 45.1 Å². The molecule has 3 aromatic heterocycles. The number of fused-ring (bicyclic) bond motifs is 3. The molecule has 7 aromatic rings. The summed E-state index contributed by atoms with van der Waals surface area (Å²) in [4.78, 5) is 9.30. The van der Waals surface area contributed by atoms with Crippen molar-refractivity contribution in [2.75, 3.05) is 0 Å². The molecule has 0 N–H and O–H groups in total. The summed E-state index contributed by atoms with van der Waals surface area (Å²) in [6.45, 7) is 15.5. The second-order valence-corrected chi connectivity index (χ2v) is 32.1. The largest absolute Gasteiger partial charge is 0 e. The molecule has 7 rings (SSSR count). The number of rotatable bonds is 8. The van der Waals surface area contributed by atoms with E-state index in [1.165, 1.54) is 26.3 Å². The summed E-state index contributed by atoms with van der Waals surface area (Å²) in [7, 11) is -1.34. The molecule has 0 fully saturated rings. The number of aromatic nitrogens is 2. The van der Waals surface area contributed by atoms with Gasteiger partial charge in [-0.25, -0.2) is 0 Å². The van der Waals surface area contributed by atoms with E-state index in [2.05, 4.69) is 140 Å². The number of pyridine rings is 2. The summed E-state index contributed by atoms with van der Waals surface area (Å²) in [5.74, 6) is 7.24. The summed E-state index contributed by atoms with van der Waals surface area (Å²) >= 11 is -2.19. The Balaban J connectivity index is 0.000000230. The van der Waals surface area contributed by atoms with Gasteiger partial charge in [0.05, 0.1) is 8.07 Å². The van der Waals surface area contributed by atoms with Crippen LogP contribution in [0.25, 0.3) is 55.6 Å². The third kappa shape index (κ3) is 9.20. The van der Waals surface area contributed by atoms with Crippen LogP contribution in [-0.4, -0.2) is 31.3 Å². The average Bonchev–Trinajstić information content (AvgIpc) is 3.50. The Hall–Kier alpha value is -3.61. The van der Waals surface area contributed by atoms with Crippen molar-refractivity contribution in [1.29, 1.82) is 0 Å². The Morgan fingerprint density at radius 1 is 0.774 bits per heavy atom. The molecule has 1 radical (unpaired) electrons. The van der Waals surface area contributed by atoms with E-state index in [1.807, 2.05) is 50.2 Å². The van der Waals surface area contributed by atoms with Gasteiger partial charge in [-0.2, -0.15) is 0 Å². The van der Waals surface area contributed by atoms with Gasteiger partial charge in [0.15, 0.2) is 0 Å². The minimum absolute atomic E-state index is 0. The summed E-state index contributed by atoms with van der Waals surface area (Å²) in [5.41, 5.74) is 10.3. The van der Waals surface area contributed by atoms with Gasteiger partial charge in [-0.15, -0.1) is 35.9 Å². The predicted molar refractivity (Wildman–Crippen MR) is 228 cm³/mol. The molecule has 0 amide bonds. The Kier molecular flexibility index (Phi) is 12.4. The molecule has 53 heavy (non-hydrogen) atoms. The second kappa shape index (κ2) is 16.8. The Bertz CT molecular complexity index is 2350. The third-order valence-corrected chi connectivity index (χ3v) is 15.8. The summed E-state index contributed by atoms with van der Waals surface area (Å²) in [6, 6.07) is 40.0. The first-order valence-electron chi connectivity index (χ1n) is 18.9. The van der Waals surface area contributed by atoms with Crippen molar-refractivity contribution in [2.24, 2.45) is 5.92 Å². The maximum absolute atomic E-state index is 8.43. The van der Waals surface area contributed by atoms with E-state index in [4.69, 9.17) is 5.79 Å². The zero-order chi connectivity index (χ0) is 38.1. The van der Waals surface area contributed by atoms with Crippen molar-refractivity contribution >= 4 is 52.9 Å². The van der Waals surface area contributed by atoms with E-state index in [0.29, 0.717) is 5.92 Å². The van der Waals surface area contributed by atoms with Crippen LogP contribution in [0.2, 0.25) is 36.9 Å². The molecule has 0 spiro atoms. The molecule has 3 heterocycles.